The summed E-state index contributed by atoms with van der Waals surface area (Å²) in [7, 11) is 0. The van der Waals surface area contributed by atoms with E-state index in [9.17, 15) is 9.18 Å². The molecule has 5 rings (SSSR count). The molecule has 1 saturated carbocycles. The zero-order valence-corrected chi connectivity index (χ0v) is 19.4. The van der Waals surface area contributed by atoms with Crippen LogP contribution >= 0.6 is 11.6 Å². The van der Waals surface area contributed by atoms with Crippen molar-refractivity contribution in [2.45, 2.75) is 58.7 Å². The van der Waals surface area contributed by atoms with E-state index in [1.165, 1.54) is 18.2 Å². The van der Waals surface area contributed by atoms with Gasteiger partial charge in [-0.25, -0.2) is 13.9 Å². The molecule has 3 heterocycles. The monoisotopic (exact) mass is 472 g/mol. The molecule has 1 aliphatic carbocycles. The molecule has 0 spiro atoms. The Kier molecular flexibility index (Phi) is 5.74. The van der Waals surface area contributed by atoms with Crippen LogP contribution in [0.1, 0.15) is 58.7 Å². The van der Waals surface area contributed by atoms with E-state index in [-0.39, 0.29) is 24.4 Å². The quantitative estimate of drug-likeness (QED) is 0.581. The molecule has 0 bridgehead atoms. The standard InChI is InChI=1S/C24H26ClFN4O3/c1-13-22(25)14(2)30-23(27-13)19-11-29(12-20(19)28-30)24(32)18-6-5-16(26)10-21(18)33-17-8-15(9-17)4-3-7-31/h5-6,10,15,17,31H,3-4,7-9,11-12H2,1-2H3/t15-,17-. The fourth-order valence-corrected chi connectivity index (χ4v) is 4.89. The first-order chi connectivity index (χ1) is 15.9. The molecule has 2 aromatic heterocycles. The highest BCUT2D eigenvalue weighted by Gasteiger charge is 2.34. The maximum atomic E-state index is 14.0. The van der Waals surface area contributed by atoms with Gasteiger partial charge in [-0.2, -0.15) is 5.10 Å². The number of halogens is 2. The lowest BCUT2D eigenvalue weighted by Crippen LogP contribution is -2.35. The van der Waals surface area contributed by atoms with Gasteiger partial charge >= 0.3 is 0 Å². The molecular weight excluding hydrogens is 447 g/mol. The Hall–Kier alpha value is -2.71. The fraction of sp³-hybridized carbons (Fsp3) is 0.458. The summed E-state index contributed by atoms with van der Waals surface area (Å²) >= 11 is 6.32. The molecule has 33 heavy (non-hydrogen) atoms. The first-order valence-corrected chi connectivity index (χ1v) is 11.6. The molecule has 7 nitrogen and oxygen atoms in total. The van der Waals surface area contributed by atoms with Crippen LogP contribution in [-0.2, 0) is 13.1 Å². The second-order valence-corrected chi connectivity index (χ2v) is 9.38. The van der Waals surface area contributed by atoms with Crippen molar-refractivity contribution in [2.75, 3.05) is 6.61 Å². The number of carbonyl (C=O) groups is 1. The molecule has 1 N–H and O–H groups in total. The predicted molar refractivity (Wildman–Crippen MR) is 121 cm³/mol. The highest BCUT2D eigenvalue weighted by atomic mass is 35.5. The number of rotatable bonds is 6. The summed E-state index contributed by atoms with van der Waals surface area (Å²) in [6.45, 7) is 4.65. The Morgan fingerprint density at radius 1 is 1.30 bits per heavy atom. The van der Waals surface area contributed by atoms with Crippen molar-refractivity contribution >= 4 is 23.2 Å². The Balaban J connectivity index is 1.34. The van der Waals surface area contributed by atoms with Gasteiger partial charge in [0.1, 0.15) is 11.6 Å². The molecule has 0 radical (unpaired) electrons. The van der Waals surface area contributed by atoms with Gasteiger partial charge in [-0.05, 0) is 57.6 Å². The molecule has 1 amide bonds. The third kappa shape index (κ3) is 3.95. The first kappa shape index (κ1) is 22.1. The van der Waals surface area contributed by atoms with Crippen LogP contribution in [0.2, 0.25) is 5.02 Å². The summed E-state index contributed by atoms with van der Waals surface area (Å²) in [6.07, 6.45) is 3.40. The van der Waals surface area contributed by atoms with E-state index in [2.05, 4.69) is 10.1 Å². The van der Waals surface area contributed by atoms with Crippen molar-refractivity contribution in [2.24, 2.45) is 5.92 Å². The lowest BCUT2D eigenvalue weighted by molar-refractivity contribution is 0.0537. The zero-order chi connectivity index (χ0) is 23.3. The van der Waals surface area contributed by atoms with Gasteiger partial charge in [0.25, 0.3) is 5.91 Å². The summed E-state index contributed by atoms with van der Waals surface area (Å²) in [5.41, 5.74) is 4.29. The highest BCUT2D eigenvalue weighted by Crippen LogP contribution is 2.37. The number of aryl methyl sites for hydroxylation is 2. The average molecular weight is 473 g/mol. The number of benzene rings is 1. The number of amides is 1. The molecule has 0 saturated heterocycles. The second-order valence-electron chi connectivity index (χ2n) is 9.00. The van der Waals surface area contributed by atoms with Gasteiger partial charge in [-0.1, -0.05) is 11.6 Å². The van der Waals surface area contributed by atoms with Crippen LogP contribution in [0.25, 0.3) is 5.65 Å². The molecule has 0 atom stereocenters. The minimum absolute atomic E-state index is 0.0399. The Morgan fingerprint density at radius 3 is 2.85 bits per heavy atom. The molecule has 9 heteroatoms. The summed E-state index contributed by atoms with van der Waals surface area (Å²) < 4.78 is 21.8. The van der Waals surface area contributed by atoms with Crippen LogP contribution in [0.4, 0.5) is 4.39 Å². The summed E-state index contributed by atoms with van der Waals surface area (Å²) in [5, 5.41) is 14.2. The topological polar surface area (TPSA) is 80.0 Å². The number of aromatic nitrogens is 3. The molecule has 3 aromatic rings. The smallest absolute Gasteiger partial charge is 0.258 e. The van der Waals surface area contributed by atoms with E-state index in [0.29, 0.717) is 35.2 Å². The molecular formula is C24H26ClFN4O3. The average Bonchev–Trinajstić information content (AvgIpc) is 3.32. The molecule has 1 aromatic carbocycles. The van der Waals surface area contributed by atoms with Crippen molar-refractivity contribution in [3.8, 4) is 5.75 Å². The van der Waals surface area contributed by atoms with E-state index in [0.717, 1.165) is 48.3 Å². The number of aliphatic hydroxyl groups excluding tert-OH is 1. The third-order valence-corrected chi connectivity index (χ3v) is 7.22. The van der Waals surface area contributed by atoms with Crippen molar-refractivity contribution in [3.63, 3.8) is 0 Å². The van der Waals surface area contributed by atoms with Gasteiger partial charge in [0.15, 0.2) is 5.65 Å². The zero-order valence-electron chi connectivity index (χ0n) is 18.6. The Bertz CT molecular complexity index is 1240. The molecule has 1 aliphatic heterocycles. The van der Waals surface area contributed by atoms with Gasteiger partial charge in [0.2, 0.25) is 0 Å². The van der Waals surface area contributed by atoms with Crippen LogP contribution in [0.3, 0.4) is 0 Å². The van der Waals surface area contributed by atoms with E-state index in [4.69, 9.17) is 21.4 Å². The lowest BCUT2D eigenvalue weighted by Gasteiger charge is -2.36. The van der Waals surface area contributed by atoms with E-state index < -0.39 is 5.82 Å². The van der Waals surface area contributed by atoms with Crippen molar-refractivity contribution in [3.05, 3.63) is 57.2 Å². The van der Waals surface area contributed by atoms with Crippen molar-refractivity contribution in [1.29, 1.82) is 0 Å². The molecule has 174 valence electrons. The van der Waals surface area contributed by atoms with E-state index >= 15 is 0 Å². The number of nitrogens with zero attached hydrogens (tertiary/aromatic N) is 4. The fourth-order valence-electron chi connectivity index (χ4n) is 4.76. The number of carbonyl (C=O) groups excluding carboxylic acids is 1. The second kappa shape index (κ2) is 8.57. The van der Waals surface area contributed by atoms with Crippen LogP contribution in [-0.4, -0.2) is 43.2 Å². The third-order valence-electron chi connectivity index (χ3n) is 6.67. The van der Waals surface area contributed by atoms with Gasteiger partial charge in [-0.15, -0.1) is 0 Å². The van der Waals surface area contributed by atoms with Crippen LogP contribution in [0.15, 0.2) is 18.2 Å². The first-order valence-electron chi connectivity index (χ1n) is 11.2. The van der Waals surface area contributed by atoms with Crippen molar-refractivity contribution < 1.29 is 19.0 Å². The number of aliphatic hydroxyl groups is 1. The summed E-state index contributed by atoms with van der Waals surface area (Å²) in [6, 6.07) is 4.07. The van der Waals surface area contributed by atoms with Gasteiger partial charge in [-0.3, -0.25) is 4.79 Å². The lowest BCUT2D eigenvalue weighted by atomic mass is 9.79. The van der Waals surface area contributed by atoms with Gasteiger partial charge < -0.3 is 14.7 Å². The Morgan fingerprint density at radius 2 is 2.09 bits per heavy atom. The van der Waals surface area contributed by atoms with Crippen LogP contribution in [0, 0.1) is 25.6 Å². The van der Waals surface area contributed by atoms with E-state index in [1.54, 1.807) is 9.42 Å². The minimum Gasteiger partial charge on any atom is -0.489 e. The normalized spacial score (nSPS) is 19.6. The SMILES string of the molecule is Cc1nc2c3c(nn2c(C)c1Cl)CN(C(=O)c1ccc(F)cc1O[C@H]1C[C@H](CCCO)C1)C3. The predicted octanol–water partition coefficient (Wildman–Crippen LogP) is 4.22. The highest BCUT2D eigenvalue weighted by molar-refractivity contribution is 6.31. The van der Waals surface area contributed by atoms with Gasteiger partial charge in [0.05, 0.1) is 46.9 Å². The Labute approximate surface area is 196 Å². The maximum absolute atomic E-state index is 14.0. The number of fused-ring (bicyclic) bond motifs is 3. The van der Waals surface area contributed by atoms with Gasteiger partial charge in [0, 0.05) is 18.2 Å². The minimum atomic E-state index is -0.438. The largest absolute Gasteiger partial charge is 0.489 e. The number of ether oxygens (including phenoxy) is 1. The van der Waals surface area contributed by atoms with Crippen molar-refractivity contribution in [1.82, 2.24) is 19.5 Å². The van der Waals surface area contributed by atoms with Crippen LogP contribution < -0.4 is 4.74 Å². The summed E-state index contributed by atoms with van der Waals surface area (Å²) in [4.78, 5) is 19.7. The van der Waals surface area contributed by atoms with E-state index in [1.807, 2.05) is 13.8 Å². The van der Waals surface area contributed by atoms with Crippen LogP contribution in [0.5, 0.6) is 5.75 Å². The summed E-state index contributed by atoms with van der Waals surface area (Å²) in [5.74, 6) is 0.125. The number of hydrogen-bond acceptors (Lipinski definition) is 5. The molecule has 0 unspecified atom stereocenters. The molecule has 1 fully saturated rings. The maximum Gasteiger partial charge on any atom is 0.258 e. The molecule has 2 aliphatic rings. The number of hydrogen-bond donors (Lipinski definition) is 1.